The largest absolute Gasteiger partial charge is 0.508 e. The highest BCUT2D eigenvalue weighted by molar-refractivity contribution is 6.09. The molecule has 3 aromatic rings. The average molecular weight is 514 g/mol. The van der Waals surface area contributed by atoms with Crippen molar-refractivity contribution in [1.29, 1.82) is 0 Å². The van der Waals surface area contributed by atoms with Crippen LogP contribution >= 0.6 is 12.4 Å². The van der Waals surface area contributed by atoms with E-state index in [1.54, 1.807) is 12.1 Å². The number of nitrogens with one attached hydrogen (secondary N) is 1. The molecule has 0 bridgehead atoms. The zero-order chi connectivity index (χ0) is 23.5. The van der Waals surface area contributed by atoms with Gasteiger partial charge in [-0.2, -0.15) is 0 Å². The Balaban J connectivity index is 0.00000180. The van der Waals surface area contributed by atoms with Gasteiger partial charge in [0, 0.05) is 48.3 Å². The Kier molecular flexibility index (Phi) is 9.83. The fraction of sp³-hybridized carbons (Fsp3) is 0.483. The van der Waals surface area contributed by atoms with Crippen LogP contribution in [0.2, 0.25) is 0 Å². The van der Waals surface area contributed by atoms with Crippen molar-refractivity contribution in [2.75, 3.05) is 19.6 Å². The van der Waals surface area contributed by atoms with E-state index in [0.717, 1.165) is 73.9 Å². The Morgan fingerprint density at radius 3 is 2.39 bits per heavy atom. The summed E-state index contributed by atoms with van der Waals surface area (Å²) in [5.41, 5.74) is 4.22. The predicted octanol–water partition coefficient (Wildman–Crippen LogP) is 5.19. The van der Waals surface area contributed by atoms with Gasteiger partial charge in [0.1, 0.15) is 5.75 Å². The zero-order valence-corrected chi connectivity index (χ0v) is 22.0. The minimum Gasteiger partial charge on any atom is -0.508 e. The van der Waals surface area contributed by atoms with Crippen molar-refractivity contribution in [3.8, 4) is 5.75 Å². The van der Waals surface area contributed by atoms with Crippen LogP contribution in [-0.2, 0) is 6.42 Å². The molecule has 2 aromatic carbocycles. The van der Waals surface area contributed by atoms with E-state index in [4.69, 9.17) is 0 Å². The summed E-state index contributed by atoms with van der Waals surface area (Å²) < 4.78 is 2.37. The van der Waals surface area contributed by atoms with Gasteiger partial charge in [0.2, 0.25) is 0 Å². The van der Waals surface area contributed by atoms with Gasteiger partial charge in [-0.3, -0.25) is 4.79 Å². The molecule has 1 saturated heterocycles. The number of fused-ring (bicyclic) bond motifs is 1. The number of carbonyl (C=O) groups excluding carboxylic acids is 1. The van der Waals surface area contributed by atoms with Gasteiger partial charge < -0.3 is 25.4 Å². The lowest BCUT2D eigenvalue weighted by Gasteiger charge is -2.32. The first kappa shape index (κ1) is 28.0. The number of phenols is 1. The number of piperidine rings is 1. The molecule has 0 atom stereocenters. The van der Waals surface area contributed by atoms with Crippen LogP contribution in [0.4, 0.5) is 0 Å². The van der Waals surface area contributed by atoms with Crippen molar-refractivity contribution in [3.63, 3.8) is 0 Å². The number of halogens is 1. The molecule has 0 unspecified atom stereocenters. The Hall–Kier alpha value is -2.54. The SMILES string of the molecule is Cc1c(C(=O)NC2CCN(CCc3ccccc3)CC2)c2cc(O)ccc2n1C1CCCCC1.Cl.O. The Morgan fingerprint density at radius 1 is 1.00 bits per heavy atom. The summed E-state index contributed by atoms with van der Waals surface area (Å²) in [6.45, 7) is 5.17. The van der Waals surface area contributed by atoms with E-state index in [9.17, 15) is 9.90 Å². The topological polar surface area (TPSA) is 89.0 Å². The van der Waals surface area contributed by atoms with Gasteiger partial charge in [0.15, 0.2) is 0 Å². The van der Waals surface area contributed by atoms with E-state index in [-0.39, 0.29) is 35.6 Å². The van der Waals surface area contributed by atoms with Crippen LogP contribution < -0.4 is 5.32 Å². The molecular weight excluding hydrogens is 474 g/mol. The lowest BCUT2D eigenvalue weighted by molar-refractivity contribution is 0.0912. The highest BCUT2D eigenvalue weighted by Gasteiger charge is 2.27. The Labute approximate surface area is 220 Å². The van der Waals surface area contributed by atoms with Crippen LogP contribution in [0.25, 0.3) is 10.9 Å². The molecule has 5 rings (SSSR count). The molecule has 0 radical (unpaired) electrons. The lowest BCUT2D eigenvalue weighted by atomic mass is 9.95. The Morgan fingerprint density at radius 2 is 1.69 bits per heavy atom. The maximum Gasteiger partial charge on any atom is 0.253 e. The number of amides is 1. The van der Waals surface area contributed by atoms with Crippen molar-refractivity contribution in [3.05, 3.63) is 65.4 Å². The summed E-state index contributed by atoms with van der Waals surface area (Å²) in [7, 11) is 0. The summed E-state index contributed by atoms with van der Waals surface area (Å²) in [6, 6.07) is 16.8. The van der Waals surface area contributed by atoms with Crippen LogP contribution in [-0.4, -0.2) is 51.6 Å². The third-order valence-corrected chi connectivity index (χ3v) is 7.88. The van der Waals surface area contributed by atoms with E-state index in [0.29, 0.717) is 6.04 Å². The molecule has 196 valence electrons. The summed E-state index contributed by atoms with van der Waals surface area (Å²) in [5.74, 6) is 0.222. The number of phenolic OH excluding ortho intramolecular Hbond substituents is 1. The van der Waals surface area contributed by atoms with Crippen LogP contribution in [0.15, 0.2) is 48.5 Å². The minimum atomic E-state index is 0. The lowest BCUT2D eigenvalue weighted by Crippen LogP contribution is -2.45. The van der Waals surface area contributed by atoms with E-state index in [2.05, 4.69) is 52.0 Å². The van der Waals surface area contributed by atoms with Gasteiger partial charge in [0.25, 0.3) is 5.91 Å². The number of benzene rings is 2. The molecule has 2 fully saturated rings. The number of carbonyl (C=O) groups is 1. The van der Waals surface area contributed by atoms with E-state index in [1.165, 1.54) is 24.8 Å². The minimum absolute atomic E-state index is 0. The van der Waals surface area contributed by atoms with Crippen molar-refractivity contribution >= 4 is 29.2 Å². The van der Waals surface area contributed by atoms with Crippen molar-refractivity contribution in [1.82, 2.24) is 14.8 Å². The quantitative estimate of drug-likeness (QED) is 0.475. The van der Waals surface area contributed by atoms with Crippen LogP contribution in [0.5, 0.6) is 5.75 Å². The second-order valence-electron chi connectivity index (χ2n) is 10.1. The number of likely N-dealkylation sites (tertiary alicyclic amines) is 1. The van der Waals surface area contributed by atoms with Gasteiger partial charge in [-0.05, 0) is 62.8 Å². The van der Waals surface area contributed by atoms with Gasteiger partial charge in [-0.1, -0.05) is 49.6 Å². The van der Waals surface area contributed by atoms with Crippen molar-refractivity contribution < 1.29 is 15.4 Å². The van der Waals surface area contributed by atoms with Crippen LogP contribution in [0.1, 0.15) is 72.6 Å². The highest BCUT2D eigenvalue weighted by atomic mass is 35.5. The first-order valence-electron chi connectivity index (χ1n) is 13.0. The molecule has 2 heterocycles. The van der Waals surface area contributed by atoms with E-state index >= 15 is 0 Å². The number of rotatable bonds is 6. The molecule has 0 spiro atoms. The molecule has 1 amide bonds. The number of aromatic nitrogens is 1. The van der Waals surface area contributed by atoms with Crippen LogP contribution in [0.3, 0.4) is 0 Å². The standard InChI is InChI=1S/C29H37N3O2.ClH.H2O/c1-21-28(26-20-25(33)12-13-27(26)32(21)24-10-6-3-7-11-24)29(34)30-23-15-18-31(19-16-23)17-14-22-8-4-2-5-9-22;;/h2,4-5,8-9,12-13,20,23-24,33H,3,6-7,10-11,14-19H2,1H3,(H,30,34);1H;1H2. The molecule has 2 aliphatic rings. The van der Waals surface area contributed by atoms with Gasteiger partial charge in [0.05, 0.1) is 5.56 Å². The molecular formula is C29H40ClN3O3. The third kappa shape index (κ3) is 6.05. The monoisotopic (exact) mass is 513 g/mol. The first-order valence-corrected chi connectivity index (χ1v) is 13.0. The summed E-state index contributed by atoms with van der Waals surface area (Å²) >= 11 is 0. The molecule has 36 heavy (non-hydrogen) atoms. The van der Waals surface area contributed by atoms with Gasteiger partial charge in [-0.25, -0.2) is 0 Å². The molecule has 6 nitrogen and oxygen atoms in total. The second kappa shape index (κ2) is 12.6. The molecule has 7 heteroatoms. The summed E-state index contributed by atoms with van der Waals surface area (Å²) in [6.07, 6.45) is 9.13. The second-order valence-corrected chi connectivity index (χ2v) is 10.1. The average Bonchev–Trinajstić information content (AvgIpc) is 3.15. The highest BCUT2D eigenvalue weighted by Crippen LogP contribution is 2.37. The summed E-state index contributed by atoms with van der Waals surface area (Å²) in [4.78, 5) is 16.0. The molecule has 1 aliphatic heterocycles. The van der Waals surface area contributed by atoms with Crippen LogP contribution in [0, 0.1) is 6.92 Å². The third-order valence-electron chi connectivity index (χ3n) is 7.88. The van der Waals surface area contributed by atoms with Crippen molar-refractivity contribution in [2.24, 2.45) is 0 Å². The number of aromatic hydroxyl groups is 1. The number of nitrogens with zero attached hydrogens (tertiary/aromatic N) is 2. The van der Waals surface area contributed by atoms with Crippen molar-refractivity contribution in [2.45, 2.75) is 70.4 Å². The fourth-order valence-corrected chi connectivity index (χ4v) is 6.02. The molecule has 4 N–H and O–H groups in total. The van der Waals surface area contributed by atoms with E-state index in [1.807, 2.05) is 6.07 Å². The normalized spacial score (nSPS) is 17.4. The maximum absolute atomic E-state index is 13.5. The van der Waals surface area contributed by atoms with Gasteiger partial charge >= 0.3 is 0 Å². The number of hydrogen-bond donors (Lipinski definition) is 2. The van der Waals surface area contributed by atoms with E-state index < -0.39 is 0 Å². The summed E-state index contributed by atoms with van der Waals surface area (Å²) in [5, 5.41) is 14.4. The molecule has 1 aromatic heterocycles. The Bertz CT molecular complexity index is 1130. The molecule has 1 saturated carbocycles. The maximum atomic E-state index is 13.5. The van der Waals surface area contributed by atoms with Gasteiger partial charge in [-0.15, -0.1) is 12.4 Å². The zero-order valence-electron chi connectivity index (χ0n) is 21.2. The first-order chi connectivity index (χ1) is 16.6. The smallest absolute Gasteiger partial charge is 0.253 e. The molecule has 1 aliphatic carbocycles. The number of hydrogen-bond acceptors (Lipinski definition) is 3. The predicted molar refractivity (Wildman–Crippen MR) is 148 cm³/mol. The fourth-order valence-electron chi connectivity index (χ4n) is 6.02.